The molecule has 8 heteroatoms. The fourth-order valence-electron chi connectivity index (χ4n) is 3.10. The first kappa shape index (κ1) is 18.5. The van der Waals surface area contributed by atoms with Crippen molar-refractivity contribution in [1.82, 2.24) is 10.2 Å². The van der Waals surface area contributed by atoms with Crippen LogP contribution in [-0.2, 0) is 9.59 Å². The number of fused-ring (bicyclic) bond motifs is 1. The van der Waals surface area contributed by atoms with Gasteiger partial charge in [-0.3, -0.25) is 9.59 Å². The summed E-state index contributed by atoms with van der Waals surface area (Å²) < 4.78 is 11.0. The van der Waals surface area contributed by atoms with E-state index in [4.69, 9.17) is 9.47 Å². The smallest absolute Gasteiger partial charge is 0.329 e. The first-order chi connectivity index (χ1) is 14.0. The number of carbonyl (C=O) groups is 3. The number of hydrogen-bond acceptors (Lipinski definition) is 5. The van der Waals surface area contributed by atoms with Gasteiger partial charge in [0.2, 0.25) is 5.91 Å². The summed E-state index contributed by atoms with van der Waals surface area (Å²) in [5.74, 6) is 0.190. The molecule has 2 aliphatic rings. The Morgan fingerprint density at radius 3 is 2.72 bits per heavy atom. The molecule has 4 amide bonds. The van der Waals surface area contributed by atoms with E-state index in [2.05, 4.69) is 10.6 Å². The van der Waals surface area contributed by atoms with Gasteiger partial charge < -0.3 is 20.1 Å². The summed E-state index contributed by atoms with van der Waals surface area (Å²) in [6, 6.07) is 11.9. The Morgan fingerprint density at radius 1 is 1.14 bits per heavy atom. The Hall–Kier alpha value is -3.81. The molecule has 0 aromatic heterocycles. The number of urea groups is 1. The van der Waals surface area contributed by atoms with Crippen LogP contribution in [0, 0.1) is 6.92 Å². The largest absolute Gasteiger partial charge is 0.486 e. The zero-order valence-corrected chi connectivity index (χ0v) is 15.7. The molecule has 2 aromatic rings. The second-order valence-corrected chi connectivity index (χ2v) is 6.70. The third-order valence-corrected chi connectivity index (χ3v) is 4.44. The molecule has 1 fully saturated rings. The highest BCUT2D eigenvalue weighted by Gasteiger charge is 2.35. The number of amides is 4. The monoisotopic (exact) mass is 393 g/mol. The van der Waals surface area contributed by atoms with E-state index in [1.807, 2.05) is 19.1 Å². The van der Waals surface area contributed by atoms with Crippen LogP contribution in [0.1, 0.15) is 11.1 Å². The van der Waals surface area contributed by atoms with Gasteiger partial charge in [0, 0.05) is 5.69 Å². The third kappa shape index (κ3) is 4.06. The number of rotatable bonds is 4. The van der Waals surface area contributed by atoms with E-state index in [0.29, 0.717) is 36.0 Å². The van der Waals surface area contributed by atoms with Crippen LogP contribution < -0.4 is 20.1 Å². The number of nitrogens with zero attached hydrogens (tertiary/aromatic N) is 1. The topological polar surface area (TPSA) is 97.0 Å². The molecule has 29 heavy (non-hydrogen) atoms. The van der Waals surface area contributed by atoms with E-state index in [1.54, 1.807) is 30.3 Å². The number of anilines is 1. The summed E-state index contributed by atoms with van der Waals surface area (Å²) in [5, 5.41) is 5.19. The highest BCUT2D eigenvalue weighted by molar-refractivity contribution is 6.15. The molecule has 0 radical (unpaired) electrons. The van der Waals surface area contributed by atoms with Gasteiger partial charge in [-0.05, 0) is 48.4 Å². The average Bonchev–Trinajstić information content (AvgIpc) is 2.95. The molecule has 2 N–H and O–H groups in total. The van der Waals surface area contributed by atoms with E-state index >= 15 is 0 Å². The highest BCUT2D eigenvalue weighted by Crippen LogP contribution is 2.31. The summed E-state index contributed by atoms with van der Waals surface area (Å²) in [6.07, 6.45) is 1.54. The van der Waals surface area contributed by atoms with Crippen LogP contribution in [0.4, 0.5) is 10.5 Å². The Bertz CT molecular complexity index is 1030. The first-order valence-electron chi connectivity index (χ1n) is 9.10. The lowest BCUT2D eigenvalue weighted by Crippen LogP contribution is -2.38. The summed E-state index contributed by atoms with van der Waals surface area (Å²) in [6.45, 7) is 2.47. The van der Waals surface area contributed by atoms with Crippen LogP contribution in [0.5, 0.6) is 11.5 Å². The molecule has 0 unspecified atom stereocenters. The van der Waals surface area contributed by atoms with Gasteiger partial charge in [0.05, 0.1) is 0 Å². The lowest BCUT2D eigenvalue weighted by atomic mass is 10.1. The third-order valence-electron chi connectivity index (χ3n) is 4.44. The molecule has 2 aliphatic heterocycles. The van der Waals surface area contributed by atoms with Crippen LogP contribution in [0.15, 0.2) is 48.2 Å². The van der Waals surface area contributed by atoms with Gasteiger partial charge in [0.15, 0.2) is 11.5 Å². The van der Waals surface area contributed by atoms with Crippen LogP contribution in [-0.4, -0.2) is 42.5 Å². The second-order valence-electron chi connectivity index (χ2n) is 6.70. The van der Waals surface area contributed by atoms with Crippen molar-refractivity contribution in [2.24, 2.45) is 0 Å². The molecule has 0 bridgehead atoms. The van der Waals surface area contributed by atoms with Crippen LogP contribution >= 0.6 is 0 Å². The normalized spacial score (nSPS) is 16.7. The fourth-order valence-corrected chi connectivity index (χ4v) is 3.10. The molecule has 0 saturated carbocycles. The van der Waals surface area contributed by atoms with E-state index in [1.165, 1.54) is 6.08 Å². The molecule has 2 aromatic carbocycles. The number of nitrogens with one attached hydrogen (secondary N) is 2. The molecule has 148 valence electrons. The summed E-state index contributed by atoms with van der Waals surface area (Å²) in [7, 11) is 0. The SMILES string of the molecule is Cc1cccc(NC(=O)CN2C(=O)N/C(=C/c3ccc4c(c3)OCCO4)C2=O)c1. The molecule has 0 atom stereocenters. The van der Waals surface area contributed by atoms with Crippen molar-refractivity contribution >= 4 is 29.6 Å². The predicted molar refractivity (Wildman–Crippen MR) is 105 cm³/mol. The van der Waals surface area contributed by atoms with Gasteiger partial charge in [0.25, 0.3) is 5.91 Å². The molecule has 0 spiro atoms. The highest BCUT2D eigenvalue weighted by atomic mass is 16.6. The number of ether oxygens (including phenoxy) is 2. The van der Waals surface area contributed by atoms with Crippen LogP contribution in [0.25, 0.3) is 6.08 Å². The van der Waals surface area contributed by atoms with Gasteiger partial charge in [-0.1, -0.05) is 18.2 Å². The van der Waals surface area contributed by atoms with Crippen molar-refractivity contribution in [2.75, 3.05) is 25.1 Å². The quantitative estimate of drug-likeness (QED) is 0.614. The standard InChI is InChI=1S/C21H19N3O5/c1-13-3-2-4-15(9-13)22-19(25)12-24-20(26)16(23-21(24)27)10-14-5-6-17-18(11-14)29-8-7-28-17/h2-6,9-11H,7-8,12H2,1H3,(H,22,25)(H,23,27)/b16-10+. The lowest BCUT2D eigenvalue weighted by Gasteiger charge is -2.18. The van der Waals surface area contributed by atoms with Crippen molar-refractivity contribution in [3.63, 3.8) is 0 Å². The molecule has 4 rings (SSSR count). The second kappa shape index (κ2) is 7.67. The minimum absolute atomic E-state index is 0.0926. The van der Waals surface area contributed by atoms with Crippen molar-refractivity contribution in [1.29, 1.82) is 0 Å². The van der Waals surface area contributed by atoms with Gasteiger partial charge in [-0.2, -0.15) is 0 Å². The number of carbonyl (C=O) groups excluding carboxylic acids is 3. The summed E-state index contributed by atoms with van der Waals surface area (Å²) in [5.41, 5.74) is 2.36. The van der Waals surface area contributed by atoms with Gasteiger partial charge >= 0.3 is 6.03 Å². The van der Waals surface area contributed by atoms with Gasteiger partial charge in [-0.25, -0.2) is 9.69 Å². The summed E-state index contributed by atoms with van der Waals surface area (Å²) in [4.78, 5) is 37.9. The van der Waals surface area contributed by atoms with Crippen molar-refractivity contribution < 1.29 is 23.9 Å². The Morgan fingerprint density at radius 2 is 1.93 bits per heavy atom. The lowest BCUT2D eigenvalue weighted by molar-refractivity contribution is -0.127. The first-order valence-corrected chi connectivity index (χ1v) is 9.10. The predicted octanol–water partition coefficient (Wildman–Crippen LogP) is 2.30. The van der Waals surface area contributed by atoms with Crippen molar-refractivity contribution in [3.8, 4) is 11.5 Å². The van der Waals surface area contributed by atoms with E-state index in [-0.39, 0.29) is 12.2 Å². The molecular weight excluding hydrogens is 374 g/mol. The zero-order chi connectivity index (χ0) is 20.4. The molecule has 0 aliphatic carbocycles. The van der Waals surface area contributed by atoms with E-state index in [9.17, 15) is 14.4 Å². The van der Waals surface area contributed by atoms with E-state index in [0.717, 1.165) is 10.5 Å². The van der Waals surface area contributed by atoms with Crippen LogP contribution in [0.3, 0.4) is 0 Å². The Balaban J connectivity index is 1.45. The van der Waals surface area contributed by atoms with E-state index < -0.39 is 17.8 Å². The minimum atomic E-state index is -0.641. The van der Waals surface area contributed by atoms with Gasteiger partial charge in [-0.15, -0.1) is 0 Å². The van der Waals surface area contributed by atoms with Crippen LogP contribution in [0.2, 0.25) is 0 Å². The molecular formula is C21H19N3O5. The maximum Gasteiger partial charge on any atom is 0.329 e. The Kier molecular flexibility index (Phi) is 4.90. The number of imide groups is 1. The number of aryl methyl sites for hydroxylation is 1. The van der Waals surface area contributed by atoms with Gasteiger partial charge in [0.1, 0.15) is 25.5 Å². The molecule has 2 heterocycles. The average molecular weight is 393 g/mol. The number of benzene rings is 2. The maximum absolute atomic E-state index is 12.6. The van der Waals surface area contributed by atoms with Crippen molar-refractivity contribution in [2.45, 2.75) is 6.92 Å². The molecule has 8 nitrogen and oxygen atoms in total. The Labute approximate surface area is 167 Å². The molecule has 1 saturated heterocycles. The van der Waals surface area contributed by atoms with Crippen molar-refractivity contribution in [3.05, 3.63) is 59.3 Å². The zero-order valence-electron chi connectivity index (χ0n) is 15.7. The number of hydrogen-bond donors (Lipinski definition) is 2. The summed E-state index contributed by atoms with van der Waals surface area (Å²) >= 11 is 0. The maximum atomic E-state index is 12.6. The fraction of sp³-hybridized carbons (Fsp3) is 0.190. The minimum Gasteiger partial charge on any atom is -0.486 e.